The number of hydrogen-bond donors (Lipinski definition) is 2. The van der Waals surface area contributed by atoms with Gasteiger partial charge in [-0.05, 0) is 65.8 Å². The fraction of sp³-hybridized carbons (Fsp3) is 0.286. The average Bonchev–Trinajstić information content (AvgIpc) is 2.36. The molecule has 0 unspecified atom stereocenters. The van der Waals surface area contributed by atoms with Crippen LogP contribution in [0.15, 0.2) is 24.3 Å². The highest BCUT2D eigenvalue weighted by atomic mass is 32.2. The highest BCUT2D eigenvalue weighted by molar-refractivity contribution is 7.84. The largest absolute Gasteiger partial charge is 0.508 e. The van der Waals surface area contributed by atoms with Crippen LogP contribution in [0.2, 0.25) is 0 Å². The lowest BCUT2D eigenvalue weighted by molar-refractivity contribution is 0.476. The fourth-order valence-corrected chi connectivity index (χ4v) is 3.25. The Labute approximate surface area is 117 Å². The molecule has 20 heavy (non-hydrogen) atoms. The van der Waals surface area contributed by atoms with Gasteiger partial charge in [0.15, 0.2) is 0 Å². The van der Waals surface area contributed by atoms with E-state index in [-0.39, 0.29) is 11.5 Å². The molecule has 6 heteroatoms. The van der Waals surface area contributed by atoms with E-state index in [9.17, 15) is 13.5 Å². The number of hydrogen-bond acceptors (Lipinski definition) is 4. The first-order valence-corrected chi connectivity index (χ1v) is 7.91. The number of nitrogens with two attached hydrogens (primary N) is 1. The van der Waals surface area contributed by atoms with Crippen molar-refractivity contribution in [1.29, 1.82) is 0 Å². The number of aryl methyl sites for hydroxylation is 1. The van der Waals surface area contributed by atoms with Crippen LogP contribution in [-0.4, -0.2) is 13.5 Å². The predicted molar refractivity (Wildman–Crippen MR) is 76.0 cm³/mol. The summed E-state index contributed by atoms with van der Waals surface area (Å²) in [6.07, 6.45) is 3.70. The lowest BCUT2D eigenvalue weighted by Crippen LogP contribution is -2.20. The van der Waals surface area contributed by atoms with E-state index in [2.05, 4.69) is 0 Å². The summed E-state index contributed by atoms with van der Waals surface area (Å²) in [6, 6.07) is 6.72. The maximum Gasteiger partial charge on any atom is 0.380 e. The molecule has 0 aromatic heterocycles. The molecule has 0 saturated heterocycles. The summed E-state index contributed by atoms with van der Waals surface area (Å²) in [5.74, 6) is 0.412. The van der Waals surface area contributed by atoms with E-state index in [0.717, 1.165) is 47.6 Å². The molecule has 0 bridgehead atoms. The van der Waals surface area contributed by atoms with Gasteiger partial charge >= 0.3 is 10.3 Å². The number of rotatable bonds is 2. The van der Waals surface area contributed by atoms with Crippen LogP contribution in [0.4, 0.5) is 0 Å². The molecule has 0 heterocycles. The summed E-state index contributed by atoms with van der Waals surface area (Å²) >= 11 is 0. The van der Waals surface area contributed by atoms with Crippen LogP contribution >= 0.6 is 0 Å². The van der Waals surface area contributed by atoms with Crippen molar-refractivity contribution in [2.45, 2.75) is 25.7 Å². The molecule has 0 radical (unpaired) electrons. The normalized spacial score (nSPS) is 15.1. The lowest BCUT2D eigenvalue weighted by atomic mass is 9.87. The smallest absolute Gasteiger partial charge is 0.380 e. The van der Waals surface area contributed by atoms with E-state index in [1.807, 2.05) is 6.07 Å². The van der Waals surface area contributed by atoms with Gasteiger partial charge in [-0.2, -0.15) is 13.6 Å². The fourth-order valence-electron chi connectivity index (χ4n) is 2.85. The van der Waals surface area contributed by atoms with Crippen molar-refractivity contribution in [1.82, 2.24) is 0 Å². The molecule has 0 atom stereocenters. The Balaban J connectivity index is 2.28. The minimum atomic E-state index is -4.05. The number of phenolic OH excluding ortho intramolecular Hbond substituents is 1. The first-order valence-electron chi connectivity index (χ1n) is 6.44. The van der Waals surface area contributed by atoms with Gasteiger partial charge in [-0.1, -0.05) is 6.07 Å². The zero-order valence-electron chi connectivity index (χ0n) is 10.8. The van der Waals surface area contributed by atoms with Gasteiger partial charge in [0.25, 0.3) is 0 Å². The van der Waals surface area contributed by atoms with Gasteiger partial charge in [-0.15, -0.1) is 0 Å². The molecule has 3 N–H and O–H groups in total. The monoisotopic (exact) mass is 293 g/mol. The van der Waals surface area contributed by atoms with Gasteiger partial charge in [0.1, 0.15) is 11.5 Å². The van der Waals surface area contributed by atoms with Crippen molar-refractivity contribution in [2.75, 3.05) is 0 Å². The van der Waals surface area contributed by atoms with E-state index in [0.29, 0.717) is 0 Å². The molecule has 3 rings (SSSR count). The Morgan fingerprint density at radius 3 is 2.50 bits per heavy atom. The second-order valence-electron chi connectivity index (χ2n) is 5.02. The van der Waals surface area contributed by atoms with Crippen molar-refractivity contribution >= 4 is 21.1 Å². The molecule has 0 aliphatic heterocycles. The van der Waals surface area contributed by atoms with Crippen LogP contribution in [0.1, 0.15) is 24.0 Å². The van der Waals surface area contributed by atoms with Crippen LogP contribution in [0.25, 0.3) is 10.8 Å². The molecule has 0 amide bonds. The molecule has 1 aliphatic carbocycles. The Kier molecular flexibility index (Phi) is 3.07. The summed E-state index contributed by atoms with van der Waals surface area (Å²) in [5, 5.41) is 16.3. The molecule has 0 fully saturated rings. The molecular weight excluding hydrogens is 278 g/mol. The van der Waals surface area contributed by atoms with Crippen LogP contribution in [0.3, 0.4) is 0 Å². The topological polar surface area (TPSA) is 89.6 Å². The van der Waals surface area contributed by atoms with Crippen LogP contribution in [0, 0.1) is 0 Å². The second kappa shape index (κ2) is 4.64. The molecule has 106 valence electrons. The van der Waals surface area contributed by atoms with E-state index >= 15 is 0 Å². The van der Waals surface area contributed by atoms with E-state index in [1.165, 1.54) is 0 Å². The summed E-state index contributed by atoms with van der Waals surface area (Å²) in [5.41, 5.74) is 2.00. The second-order valence-corrected chi connectivity index (χ2v) is 6.17. The van der Waals surface area contributed by atoms with E-state index in [1.54, 1.807) is 18.2 Å². The van der Waals surface area contributed by atoms with Gasteiger partial charge < -0.3 is 9.29 Å². The van der Waals surface area contributed by atoms with Crippen molar-refractivity contribution in [2.24, 2.45) is 5.14 Å². The summed E-state index contributed by atoms with van der Waals surface area (Å²) in [4.78, 5) is 0. The molecule has 1 aliphatic rings. The Hall–Kier alpha value is -1.79. The summed E-state index contributed by atoms with van der Waals surface area (Å²) in [7, 11) is -4.05. The van der Waals surface area contributed by atoms with Crippen molar-refractivity contribution in [3.05, 3.63) is 35.4 Å². The van der Waals surface area contributed by atoms with Crippen LogP contribution in [0.5, 0.6) is 11.5 Å². The molecule has 0 spiro atoms. The van der Waals surface area contributed by atoms with E-state index in [4.69, 9.17) is 9.32 Å². The maximum atomic E-state index is 11.2. The minimum absolute atomic E-state index is 0.134. The highest BCUT2D eigenvalue weighted by Crippen LogP contribution is 2.37. The van der Waals surface area contributed by atoms with Gasteiger partial charge in [-0.3, -0.25) is 0 Å². The first kappa shape index (κ1) is 13.2. The van der Waals surface area contributed by atoms with Gasteiger partial charge in [0.05, 0.1) is 0 Å². The van der Waals surface area contributed by atoms with Gasteiger partial charge in [0, 0.05) is 0 Å². The minimum Gasteiger partial charge on any atom is -0.508 e. The number of phenols is 1. The Morgan fingerprint density at radius 1 is 1.10 bits per heavy atom. The third-order valence-corrected chi connectivity index (χ3v) is 4.03. The summed E-state index contributed by atoms with van der Waals surface area (Å²) in [6.45, 7) is 0. The molecule has 2 aromatic rings. The Morgan fingerprint density at radius 2 is 1.80 bits per heavy atom. The molecule has 2 aromatic carbocycles. The van der Waals surface area contributed by atoms with Crippen molar-refractivity contribution < 1.29 is 17.7 Å². The zero-order valence-corrected chi connectivity index (χ0v) is 11.6. The SMILES string of the molecule is NS(=O)(=O)Oc1cc2cc(O)ccc2c2c1CCCC2. The van der Waals surface area contributed by atoms with Gasteiger partial charge in [0.2, 0.25) is 0 Å². The van der Waals surface area contributed by atoms with E-state index < -0.39 is 10.3 Å². The maximum absolute atomic E-state index is 11.2. The number of benzene rings is 2. The third-order valence-electron chi connectivity index (χ3n) is 3.62. The average molecular weight is 293 g/mol. The highest BCUT2D eigenvalue weighted by Gasteiger charge is 2.20. The standard InChI is InChI=1S/C14H15NO4S/c15-20(17,18)19-14-8-9-7-10(16)5-6-11(9)12-3-1-2-4-13(12)14/h5-8,16H,1-4H2,(H2,15,17,18). The predicted octanol–water partition coefficient (Wildman–Crippen LogP) is 2.01. The zero-order chi connectivity index (χ0) is 14.3. The molecule has 0 saturated carbocycles. The van der Waals surface area contributed by atoms with Crippen LogP contribution in [-0.2, 0) is 23.1 Å². The third kappa shape index (κ3) is 2.44. The number of fused-ring (bicyclic) bond motifs is 3. The van der Waals surface area contributed by atoms with Gasteiger partial charge in [-0.25, -0.2) is 0 Å². The first-order chi connectivity index (χ1) is 9.44. The van der Waals surface area contributed by atoms with Crippen molar-refractivity contribution in [3.8, 4) is 11.5 Å². The molecule has 5 nitrogen and oxygen atoms in total. The number of aromatic hydroxyl groups is 1. The lowest BCUT2D eigenvalue weighted by Gasteiger charge is -2.21. The Bertz CT molecular complexity index is 783. The van der Waals surface area contributed by atoms with Crippen LogP contribution < -0.4 is 9.32 Å². The van der Waals surface area contributed by atoms with Crippen molar-refractivity contribution in [3.63, 3.8) is 0 Å². The quantitative estimate of drug-likeness (QED) is 0.886. The summed E-state index contributed by atoms with van der Waals surface area (Å²) < 4.78 is 27.3. The molecular formula is C14H15NO4S.